The van der Waals surface area contributed by atoms with E-state index in [9.17, 15) is 4.79 Å². The van der Waals surface area contributed by atoms with E-state index in [1.165, 1.54) is 11.3 Å². The Bertz CT molecular complexity index is 432. The highest BCUT2D eigenvalue weighted by Gasteiger charge is 2.26. The van der Waals surface area contributed by atoms with E-state index < -0.39 is 0 Å². The molecule has 0 aliphatic heterocycles. The molecule has 5 nitrogen and oxygen atoms in total. The van der Waals surface area contributed by atoms with Crippen molar-refractivity contribution in [2.24, 2.45) is 17.6 Å². The van der Waals surface area contributed by atoms with Gasteiger partial charge in [0, 0.05) is 18.9 Å². The van der Waals surface area contributed by atoms with Gasteiger partial charge in [-0.1, -0.05) is 31.6 Å². The lowest BCUT2D eigenvalue weighted by molar-refractivity contribution is -0.117. The number of nitrogens with zero attached hydrogens (tertiary/aromatic N) is 2. The van der Waals surface area contributed by atoms with E-state index in [-0.39, 0.29) is 11.9 Å². The summed E-state index contributed by atoms with van der Waals surface area (Å²) in [5, 5.41) is 12.5. The SMILES string of the molecule is CC(C)Cc1nnc(NC(=O)C[C@@H]2CCC[C@H]2N)s1. The van der Waals surface area contributed by atoms with Gasteiger partial charge in [-0.2, -0.15) is 0 Å². The maximum Gasteiger partial charge on any atom is 0.226 e. The zero-order valence-electron chi connectivity index (χ0n) is 11.6. The van der Waals surface area contributed by atoms with Gasteiger partial charge in [0.2, 0.25) is 11.0 Å². The molecule has 1 aromatic heterocycles. The largest absolute Gasteiger partial charge is 0.327 e. The monoisotopic (exact) mass is 282 g/mol. The molecule has 1 heterocycles. The summed E-state index contributed by atoms with van der Waals surface area (Å²) >= 11 is 1.46. The third kappa shape index (κ3) is 4.24. The molecule has 0 unspecified atom stereocenters. The van der Waals surface area contributed by atoms with Crippen LogP contribution in [0.5, 0.6) is 0 Å². The molecule has 2 rings (SSSR count). The van der Waals surface area contributed by atoms with Crippen molar-refractivity contribution in [3.8, 4) is 0 Å². The Labute approximate surface area is 118 Å². The highest BCUT2D eigenvalue weighted by Crippen LogP contribution is 2.27. The minimum atomic E-state index is 0.00889. The minimum Gasteiger partial charge on any atom is -0.327 e. The molecule has 1 aromatic rings. The van der Waals surface area contributed by atoms with E-state index in [0.29, 0.717) is 23.4 Å². The molecule has 1 aliphatic rings. The highest BCUT2D eigenvalue weighted by molar-refractivity contribution is 7.15. The Balaban J connectivity index is 1.83. The average molecular weight is 282 g/mol. The van der Waals surface area contributed by atoms with Crippen LogP contribution in [0.2, 0.25) is 0 Å². The van der Waals surface area contributed by atoms with Crippen molar-refractivity contribution in [3.63, 3.8) is 0 Å². The number of anilines is 1. The smallest absolute Gasteiger partial charge is 0.226 e. The second-order valence-corrected chi connectivity index (χ2v) is 6.77. The predicted molar refractivity (Wildman–Crippen MR) is 77.0 cm³/mol. The summed E-state index contributed by atoms with van der Waals surface area (Å²) in [7, 11) is 0. The summed E-state index contributed by atoms with van der Waals surface area (Å²) in [4.78, 5) is 11.9. The first-order valence-corrected chi connectivity index (χ1v) is 7.74. The van der Waals surface area contributed by atoms with E-state index in [1.807, 2.05) is 0 Å². The van der Waals surface area contributed by atoms with E-state index in [2.05, 4.69) is 29.4 Å². The van der Waals surface area contributed by atoms with Gasteiger partial charge in [-0.25, -0.2) is 0 Å². The molecule has 6 heteroatoms. The fourth-order valence-electron chi connectivity index (χ4n) is 2.46. The molecule has 19 heavy (non-hydrogen) atoms. The molecule has 0 radical (unpaired) electrons. The first-order chi connectivity index (χ1) is 9.04. The fourth-order valence-corrected chi connectivity index (χ4v) is 3.43. The van der Waals surface area contributed by atoms with Crippen molar-refractivity contribution in [3.05, 3.63) is 5.01 Å². The number of carbonyl (C=O) groups is 1. The lowest BCUT2D eigenvalue weighted by Crippen LogP contribution is -2.28. The van der Waals surface area contributed by atoms with Crippen molar-refractivity contribution in [2.45, 2.75) is 52.0 Å². The first-order valence-electron chi connectivity index (χ1n) is 6.92. The quantitative estimate of drug-likeness (QED) is 0.867. The third-order valence-corrected chi connectivity index (χ3v) is 4.32. The molecule has 1 aliphatic carbocycles. The maximum atomic E-state index is 11.9. The molecule has 1 saturated carbocycles. The van der Waals surface area contributed by atoms with Crippen molar-refractivity contribution in [1.82, 2.24) is 10.2 Å². The molecule has 106 valence electrons. The number of aromatic nitrogens is 2. The van der Waals surface area contributed by atoms with Crippen LogP contribution in [0.3, 0.4) is 0 Å². The Kier molecular flexibility index (Phi) is 4.87. The van der Waals surface area contributed by atoms with E-state index >= 15 is 0 Å². The summed E-state index contributed by atoms with van der Waals surface area (Å²) in [6.45, 7) is 4.28. The minimum absolute atomic E-state index is 0.00889. The van der Waals surface area contributed by atoms with Crippen LogP contribution in [0.15, 0.2) is 0 Å². The first kappa shape index (κ1) is 14.4. The van der Waals surface area contributed by atoms with Crippen molar-refractivity contribution in [2.75, 3.05) is 5.32 Å². The highest BCUT2D eigenvalue weighted by atomic mass is 32.1. The number of nitrogens with one attached hydrogen (secondary N) is 1. The topological polar surface area (TPSA) is 80.9 Å². The Morgan fingerprint density at radius 2 is 2.26 bits per heavy atom. The van der Waals surface area contributed by atoms with Gasteiger partial charge in [0.05, 0.1) is 0 Å². The average Bonchev–Trinajstić information content (AvgIpc) is 2.89. The van der Waals surface area contributed by atoms with Crippen LogP contribution in [0.25, 0.3) is 0 Å². The molecule has 0 bridgehead atoms. The molecule has 0 aromatic carbocycles. The van der Waals surface area contributed by atoms with Crippen molar-refractivity contribution >= 4 is 22.4 Å². The molecular weight excluding hydrogens is 260 g/mol. The van der Waals surface area contributed by atoms with Crippen LogP contribution in [-0.4, -0.2) is 22.1 Å². The van der Waals surface area contributed by atoms with Gasteiger partial charge in [0.15, 0.2) is 0 Å². The van der Waals surface area contributed by atoms with Crippen molar-refractivity contribution in [1.29, 1.82) is 0 Å². The number of hydrogen-bond donors (Lipinski definition) is 2. The van der Waals surface area contributed by atoms with Crippen LogP contribution >= 0.6 is 11.3 Å². The van der Waals surface area contributed by atoms with Crippen LogP contribution in [0, 0.1) is 11.8 Å². The van der Waals surface area contributed by atoms with Gasteiger partial charge in [0.1, 0.15) is 5.01 Å². The molecular formula is C13H22N4OS. The molecule has 1 amide bonds. The second-order valence-electron chi connectivity index (χ2n) is 5.71. The lowest BCUT2D eigenvalue weighted by atomic mass is 10.00. The molecule has 0 saturated heterocycles. The van der Waals surface area contributed by atoms with Gasteiger partial charge in [-0.15, -0.1) is 10.2 Å². The Morgan fingerprint density at radius 1 is 1.47 bits per heavy atom. The number of rotatable bonds is 5. The molecule has 2 atom stereocenters. The van der Waals surface area contributed by atoms with Gasteiger partial charge in [0.25, 0.3) is 0 Å². The zero-order valence-corrected chi connectivity index (χ0v) is 12.4. The van der Waals surface area contributed by atoms with Crippen LogP contribution in [-0.2, 0) is 11.2 Å². The summed E-state index contributed by atoms with van der Waals surface area (Å²) in [5.41, 5.74) is 5.97. The second kappa shape index (κ2) is 6.43. The third-order valence-electron chi connectivity index (χ3n) is 3.46. The van der Waals surface area contributed by atoms with Crippen LogP contribution in [0.1, 0.15) is 44.5 Å². The van der Waals surface area contributed by atoms with E-state index in [1.54, 1.807) is 0 Å². The summed E-state index contributed by atoms with van der Waals surface area (Å²) in [5.74, 6) is 0.880. The van der Waals surface area contributed by atoms with Crippen molar-refractivity contribution < 1.29 is 4.79 Å². The number of nitrogens with two attached hydrogens (primary N) is 1. The predicted octanol–water partition coefficient (Wildman–Crippen LogP) is 2.19. The van der Waals surface area contributed by atoms with Gasteiger partial charge >= 0.3 is 0 Å². The van der Waals surface area contributed by atoms with Gasteiger partial charge in [-0.3, -0.25) is 4.79 Å². The fraction of sp³-hybridized carbons (Fsp3) is 0.769. The molecule has 1 fully saturated rings. The number of hydrogen-bond acceptors (Lipinski definition) is 5. The number of carbonyl (C=O) groups excluding carboxylic acids is 1. The maximum absolute atomic E-state index is 11.9. The summed E-state index contributed by atoms with van der Waals surface area (Å²) in [6.07, 6.45) is 4.64. The Morgan fingerprint density at radius 3 is 2.89 bits per heavy atom. The van der Waals surface area contributed by atoms with Gasteiger partial charge in [-0.05, 0) is 24.7 Å². The summed E-state index contributed by atoms with van der Waals surface area (Å²) in [6, 6.07) is 0.177. The number of amides is 1. The van der Waals surface area contributed by atoms with Crippen LogP contribution in [0.4, 0.5) is 5.13 Å². The Hall–Kier alpha value is -1.01. The van der Waals surface area contributed by atoms with Gasteiger partial charge < -0.3 is 11.1 Å². The standard InChI is InChI=1S/C13H22N4OS/c1-8(2)6-12-16-17-13(19-12)15-11(18)7-9-4-3-5-10(9)14/h8-10H,3-7,14H2,1-2H3,(H,15,17,18)/t9-,10+/m0/s1. The van der Waals surface area contributed by atoms with E-state index in [4.69, 9.17) is 5.73 Å². The molecule has 0 spiro atoms. The molecule has 3 N–H and O–H groups in total. The normalized spacial score (nSPS) is 22.9. The lowest BCUT2D eigenvalue weighted by Gasteiger charge is -2.13. The van der Waals surface area contributed by atoms with E-state index in [0.717, 1.165) is 30.7 Å². The summed E-state index contributed by atoms with van der Waals surface area (Å²) < 4.78 is 0. The van der Waals surface area contributed by atoms with Crippen LogP contribution < -0.4 is 11.1 Å². The zero-order chi connectivity index (χ0) is 13.8.